The topological polar surface area (TPSA) is 46.3 Å². The molecule has 1 amide bonds. The molecular weight excluding hydrogens is 236 g/mol. The fourth-order valence-corrected chi connectivity index (χ4v) is 3.05. The number of benzene rings is 1. The smallest absolute Gasteiger partial charge is 0.223 e. The minimum absolute atomic E-state index is 0.278. The maximum Gasteiger partial charge on any atom is 0.223 e. The van der Waals surface area contributed by atoms with Gasteiger partial charge in [-0.2, -0.15) is 0 Å². The number of nitrogens with two attached hydrogens (primary N) is 1. The first-order valence-electron chi connectivity index (χ1n) is 7.28. The Hall–Kier alpha value is -1.51. The largest absolute Gasteiger partial charge is 0.399 e. The summed E-state index contributed by atoms with van der Waals surface area (Å²) in [7, 11) is 0. The molecule has 1 aromatic rings. The summed E-state index contributed by atoms with van der Waals surface area (Å²) >= 11 is 0. The zero-order valence-electron chi connectivity index (χ0n) is 11.9. The van der Waals surface area contributed by atoms with Crippen LogP contribution in [0.3, 0.4) is 0 Å². The highest BCUT2D eigenvalue weighted by molar-refractivity contribution is 5.77. The zero-order valence-corrected chi connectivity index (χ0v) is 11.9. The molecule has 2 rings (SSSR count). The summed E-state index contributed by atoms with van der Waals surface area (Å²) in [5, 5.41) is 0. The molecule has 1 aromatic carbocycles. The minimum atomic E-state index is 0.278. The Morgan fingerprint density at radius 1 is 1.37 bits per heavy atom. The highest BCUT2D eigenvalue weighted by atomic mass is 16.2. The van der Waals surface area contributed by atoms with Gasteiger partial charge in [0.25, 0.3) is 0 Å². The van der Waals surface area contributed by atoms with Crippen molar-refractivity contribution < 1.29 is 4.79 Å². The molecule has 0 spiro atoms. The van der Waals surface area contributed by atoms with Crippen LogP contribution in [0.4, 0.5) is 5.69 Å². The number of carbonyl (C=O) groups excluding carboxylic acids is 1. The summed E-state index contributed by atoms with van der Waals surface area (Å²) in [6.45, 7) is 4.32. The monoisotopic (exact) mass is 260 g/mol. The Balaban J connectivity index is 1.96. The van der Waals surface area contributed by atoms with E-state index in [1.165, 1.54) is 0 Å². The molecule has 1 aliphatic rings. The predicted octanol–water partition coefficient (Wildman–Crippen LogP) is 2.99. The number of carbonyl (C=O) groups is 1. The summed E-state index contributed by atoms with van der Waals surface area (Å²) in [6, 6.07) is 8.64. The van der Waals surface area contributed by atoms with Crippen LogP contribution in [0.15, 0.2) is 24.3 Å². The molecule has 1 fully saturated rings. The number of aryl methyl sites for hydroxylation is 1. The fourth-order valence-electron chi connectivity index (χ4n) is 3.05. The van der Waals surface area contributed by atoms with Crippen molar-refractivity contribution in [1.82, 2.24) is 4.90 Å². The molecule has 1 saturated heterocycles. The van der Waals surface area contributed by atoms with Crippen LogP contribution in [0, 0.1) is 0 Å². The highest BCUT2D eigenvalue weighted by Gasteiger charge is 2.32. The van der Waals surface area contributed by atoms with Gasteiger partial charge in [0.05, 0.1) is 0 Å². The predicted molar refractivity (Wildman–Crippen MR) is 78.8 cm³/mol. The second kappa shape index (κ2) is 6.09. The number of nitrogens with zero attached hydrogens (tertiary/aromatic N) is 1. The van der Waals surface area contributed by atoms with Gasteiger partial charge in [0.15, 0.2) is 0 Å². The molecule has 0 bridgehead atoms. The van der Waals surface area contributed by atoms with E-state index in [-0.39, 0.29) is 5.91 Å². The van der Waals surface area contributed by atoms with Crippen LogP contribution in [-0.4, -0.2) is 22.9 Å². The standard InChI is InChI=1S/C16H24N2O/c1-3-14-10-8-12(2)18(14)16(19)11-9-13-6-4-5-7-15(13)17/h4-7,12,14H,3,8-11,17H2,1-2H3. The SMILES string of the molecule is CCC1CCC(C)N1C(=O)CCc1ccccc1N. The van der Waals surface area contributed by atoms with E-state index in [0.29, 0.717) is 18.5 Å². The number of likely N-dealkylation sites (tertiary alicyclic amines) is 1. The first-order valence-corrected chi connectivity index (χ1v) is 7.28. The summed E-state index contributed by atoms with van der Waals surface area (Å²) in [5.41, 5.74) is 7.78. The molecule has 2 atom stereocenters. The number of anilines is 1. The van der Waals surface area contributed by atoms with E-state index in [2.05, 4.69) is 18.7 Å². The van der Waals surface area contributed by atoms with Crippen molar-refractivity contribution in [2.24, 2.45) is 0 Å². The first-order chi connectivity index (χ1) is 9.13. The van der Waals surface area contributed by atoms with Crippen LogP contribution >= 0.6 is 0 Å². The number of nitrogen functional groups attached to an aromatic ring is 1. The zero-order chi connectivity index (χ0) is 13.8. The maximum atomic E-state index is 12.4. The van der Waals surface area contributed by atoms with Crippen molar-refractivity contribution in [3.8, 4) is 0 Å². The second-order valence-corrected chi connectivity index (χ2v) is 5.49. The average Bonchev–Trinajstić information content (AvgIpc) is 2.78. The van der Waals surface area contributed by atoms with Crippen LogP contribution in [0.2, 0.25) is 0 Å². The maximum absolute atomic E-state index is 12.4. The van der Waals surface area contributed by atoms with E-state index in [4.69, 9.17) is 5.73 Å². The molecule has 0 aromatic heterocycles. The lowest BCUT2D eigenvalue weighted by Crippen LogP contribution is -2.39. The number of rotatable bonds is 4. The van der Waals surface area contributed by atoms with Crippen LogP contribution in [0.25, 0.3) is 0 Å². The van der Waals surface area contributed by atoms with Crippen molar-refractivity contribution in [3.05, 3.63) is 29.8 Å². The number of para-hydroxylation sites is 1. The molecule has 1 aliphatic heterocycles. The van der Waals surface area contributed by atoms with E-state index in [1.54, 1.807) is 0 Å². The third kappa shape index (κ3) is 3.09. The summed E-state index contributed by atoms with van der Waals surface area (Å²) in [5.74, 6) is 0.278. The van der Waals surface area contributed by atoms with Gasteiger partial charge < -0.3 is 10.6 Å². The Morgan fingerprint density at radius 3 is 2.79 bits per heavy atom. The lowest BCUT2D eigenvalue weighted by molar-refractivity contribution is -0.133. The minimum Gasteiger partial charge on any atom is -0.399 e. The quantitative estimate of drug-likeness (QED) is 0.846. The first kappa shape index (κ1) is 13.9. The normalized spacial score (nSPS) is 22.7. The van der Waals surface area contributed by atoms with Crippen LogP contribution in [0.5, 0.6) is 0 Å². The Morgan fingerprint density at radius 2 is 2.11 bits per heavy atom. The molecule has 3 heteroatoms. The molecule has 0 aliphatic carbocycles. The lowest BCUT2D eigenvalue weighted by atomic mass is 10.1. The van der Waals surface area contributed by atoms with E-state index in [9.17, 15) is 4.79 Å². The number of hydrogen-bond donors (Lipinski definition) is 1. The van der Waals surface area contributed by atoms with Crippen LogP contribution in [-0.2, 0) is 11.2 Å². The van der Waals surface area contributed by atoms with Crippen LogP contribution < -0.4 is 5.73 Å². The van der Waals surface area contributed by atoms with Gasteiger partial charge in [-0.25, -0.2) is 0 Å². The molecule has 3 nitrogen and oxygen atoms in total. The van der Waals surface area contributed by atoms with Crippen LogP contribution in [0.1, 0.15) is 45.1 Å². The molecule has 0 radical (unpaired) electrons. The van der Waals surface area contributed by atoms with Gasteiger partial charge in [0.2, 0.25) is 5.91 Å². The van der Waals surface area contributed by atoms with Gasteiger partial charge in [-0.3, -0.25) is 4.79 Å². The van der Waals surface area contributed by atoms with Gasteiger partial charge in [-0.1, -0.05) is 25.1 Å². The van der Waals surface area contributed by atoms with Crippen molar-refractivity contribution in [2.45, 2.75) is 58.0 Å². The second-order valence-electron chi connectivity index (χ2n) is 5.49. The van der Waals surface area contributed by atoms with E-state index in [0.717, 1.165) is 36.9 Å². The average molecular weight is 260 g/mol. The van der Waals surface area contributed by atoms with Crippen molar-refractivity contribution >= 4 is 11.6 Å². The number of amides is 1. The number of hydrogen-bond acceptors (Lipinski definition) is 2. The van der Waals surface area contributed by atoms with Gasteiger partial charge in [-0.05, 0) is 44.2 Å². The third-order valence-electron chi connectivity index (χ3n) is 4.21. The molecule has 104 valence electrons. The Kier molecular flexibility index (Phi) is 4.46. The van der Waals surface area contributed by atoms with Gasteiger partial charge in [-0.15, -0.1) is 0 Å². The molecule has 2 unspecified atom stereocenters. The summed E-state index contributed by atoms with van der Waals surface area (Å²) in [6.07, 6.45) is 4.65. The Labute approximate surface area is 115 Å². The summed E-state index contributed by atoms with van der Waals surface area (Å²) in [4.78, 5) is 14.5. The van der Waals surface area contributed by atoms with E-state index >= 15 is 0 Å². The molecule has 2 N–H and O–H groups in total. The van der Waals surface area contributed by atoms with Gasteiger partial charge in [0.1, 0.15) is 0 Å². The fraction of sp³-hybridized carbons (Fsp3) is 0.562. The van der Waals surface area contributed by atoms with Crippen molar-refractivity contribution in [3.63, 3.8) is 0 Å². The summed E-state index contributed by atoms with van der Waals surface area (Å²) < 4.78 is 0. The van der Waals surface area contributed by atoms with E-state index < -0.39 is 0 Å². The van der Waals surface area contributed by atoms with Gasteiger partial charge in [0, 0.05) is 24.2 Å². The lowest BCUT2D eigenvalue weighted by Gasteiger charge is -2.28. The molecule has 0 saturated carbocycles. The van der Waals surface area contributed by atoms with Gasteiger partial charge >= 0.3 is 0 Å². The molecular formula is C16H24N2O. The molecule has 19 heavy (non-hydrogen) atoms. The third-order valence-corrected chi connectivity index (χ3v) is 4.21. The van der Waals surface area contributed by atoms with E-state index in [1.807, 2.05) is 24.3 Å². The van der Waals surface area contributed by atoms with Crippen molar-refractivity contribution in [2.75, 3.05) is 5.73 Å². The highest BCUT2D eigenvalue weighted by Crippen LogP contribution is 2.27. The molecule has 1 heterocycles. The Bertz CT molecular complexity index is 444. The van der Waals surface area contributed by atoms with Crippen molar-refractivity contribution in [1.29, 1.82) is 0 Å².